The van der Waals surface area contributed by atoms with Crippen LogP contribution >= 0.6 is 15.9 Å². The molecule has 120 valence electrons. The Morgan fingerprint density at radius 3 is 2.57 bits per heavy atom. The second-order valence-corrected chi connectivity index (χ2v) is 5.91. The fraction of sp³-hybridized carbons (Fsp3) is 0.278. The summed E-state index contributed by atoms with van der Waals surface area (Å²) in [7, 11) is 1.65. The first kappa shape index (κ1) is 17.3. The summed E-state index contributed by atoms with van der Waals surface area (Å²) >= 11 is 3.50. The molecule has 2 aromatic rings. The van der Waals surface area contributed by atoms with E-state index >= 15 is 0 Å². The number of rotatable bonds is 7. The van der Waals surface area contributed by atoms with Crippen LogP contribution in [0.3, 0.4) is 0 Å². The smallest absolute Gasteiger partial charge is 0.133 e. The molecular weight excluding hydrogens is 356 g/mol. The molecule has 0 saturated heterocycles. The van der Waals surface area contributed by atoms with Gasteiger partial charge in [-0.25, -0.2) is 0 Å². The maximum atomic E-state index is 8.75. The number of hydrogen-bond acceptors (Lipinski definition) is 4. The number of nitrogens with one attached hydrogen (secondary N) is 1. The zero-order valence-electron chi connectivity index (χ0n) is 13.2. The quantitative estimate of drug-likeness (QED) is 0.742. The number of ether oxygens (including phenoxy) is 2. The third-order valence-electron chi connectivity index (χ3n) is 3.48. The molecule has 1 N–H and O–H groups in total. The lowest BCUT2D eigenvalue weighted by atomic mass is 10.1. The Morgan fingerprint density at radius 1 is 1.22 bits per heavy atom. The predicted octanol–water partition coefficient (Wildman–Crippen LogP) is 4.06. The number of benzene rings is 2. The molecule has 1 atom stereocenters. The van der Waals surface area contributed by atoms with Gasteiger partial charge in [0.25, 0.3) is 0 Å². The molecule has 0 fully saturated rings. The van der Waals surface area contributed by atoms with Gasteiger partial charge in [0.1, 0.15) is 18.1 Å². The minimum atomic E-state index is 0.210. The van der Waals surface area contributed by atoms with Gasteiger partial charge >= 0.3 is 0 Å². The highest BCUT2D eigenvalue weighted by Gasteiger charge is 2.08. The van der Waals surface area contributed by atoms with Crippen LogP contribution in [-0.2, 0) is 0 Å². The highest BCUT2D eigenvalue weighted by atomic mass is 79.9. The lowest BCUT2D eigenvalue weighted by molar-refractivity contribution is 0.307. The summed E-state index contributed by atoms with van der Waals surface area (Å²) in [6.07, 6.45) is 0. The van der Waals surface area contributed by atoms with Crippen LogP contribution in [0.15, 0.2) is 46.9 Å². The van der Waals surface area contributed by atoms with Crippen LogP contribution in [0.5, 0.6) is 11.5 Å². The number of nitrogens with zero attached hydrogens (tertiary/aromatic N) is 1. The van der Waals surface area contributed by atoms with Crippen molar-refractivity contribution in [3.8, 4) is 17.6 Å². The van der Waals surface area contributed by atoms with Gasteiger partial charge in [-0.2, -0.15) is 5.26 Å². The molecule has 2 rings (SSSR count). The van der Waals surface area contributed by atoms with Gasteiger partial charge in [0, 0.05) is 12.6 Å². The molecule has 0 saturated carbocycles. The second kappa shape index (κ2) is 8.56. The number of methoxy groups -OCH3 is 1. The van der Waals surface area contributed by atoms with E-state index in [0.29, 0.717) is 12.2 Å². The molecule has 23 heavy (non-hydrogen) atoms. The van der Waals surface area contributed by atoms with Crippen LogP contribution in [0.25, 0.3) is 0 Å². The second-order valence-electron chi connectivity index (χ2n) is 5.05. The molecule has 0 aliphatic rings. The summed E-state index contributed by atoms with van der Waals surface area (Å²) in [5, 5.41) is 12.2. The predicted molar refractivity (Wildman–Crippen MR) is 93.8 cm³/mol. The molecule has 0 aromatic heterocycles. The molecule has 4 nitrogen and oxygen atoms in total. The molecule has 0 aliphatic heterocycles. The highest BCUT2D eigenvalue weighted by molar-refractivity contribution is 9.10. The van der Waals surface area contributed by atoms with Crippen LogP contribution < -0.4 is 14.8 Å². The van der Waals surface area contributed by atoms with E-state index in [4.69, 9.17) is 14.7 Å². The molecular formula is C18H19BrN2O2. The Morgan fingerprint density at radius 2 is 1.96 bits per heavy atom. The van der Waals surface area contributed by atoms with Crippen LogP contribution in [0.4, 0.5) is 0 Å². The molecule has 5 heteroatoms. The first-order valence-electron chi connectivity index (χ1n) is 7.34. The Kier molecular flexibility index (Phi) is 6.45. The van der Waals surface area contributed by atoms with E-state index in [2.05, 4.69) is 40.3 Å². The Balaban J connectivity index is 1.79. The number of halogens is 1. The molecule has 1 unspecified atom stereocenters. The fourth-order valence-electron chi connectivity index (χ4n) is 2.14. The van der Waals surface area contributed by atoms with Gasteiger partial charge in [0.2, 0.25) is 0 Å². The van der Waals surface area contributed by atoms with Gasteiger partial charge in [-0.1, -0.05) is 6.07 Å². The van der Waals surface area contributed by atoms with Gasteiger partial charge < -0.3 is 14.8 Å². The monoisotopic (exact) mass is 374 g/mol. The van der Waals surface area contributed by atoms with Crippen molar-refractivity contribution in [2.75, 3.05) is 20.3 Å². The van der Waals surface area contributed by atoms with E-state index in [0.717, 1.165) is 22.5 Å². The lowest BCUT2D eigenvalue weighted by Gasteiger charge is -2.16. The molecule has 0 heterocycles. The average Bonchev–Trinajstić information content (AvgIpc) is 2.59. The van der Waals surface area contributed by atoms with Gasteiger partial charge in [0.15, 0.2) is 0 Å². The van der Waals surface area contributed by atoms with Gasteiger partial charge in [-0.15, -0.1) is 0 Å². The van der Waals surface area contributed by atoms with Crippen molar-refractivity contribution in [2.45, 2.75) is 13.0 Å². The standard InChI is InChI=1S/C18H19BrN2O2/c1-13(15-5-8-18(22-2)17(19)11-15)21-9-10-23-16-6-3-14(12-20)4-7-16/h3-8,11,13,21H,9-10H2,1-2H3. The van der Waals surface area contributed by atoms with Crippen molar-refractivity contribution < 1.29 is 9.47 Å². The van der Waals surface area contributed by atoms with E-state index < -0.39 is 0 Å². The summed E-state index contributed by atoms with van der Waals surface area (Å²) in [4.78, 5) is 0. The first-order valence-corrected chi connectivity index (χ1v) is 8.13. The van der Waals surface area contributed by atoms with E-state index in [1.165, 1.54) is 5.56 Å². The van der Waals surface area contributed by atoms with Gasteiger partial charge in [-0.3, -0.25) is 0 Å². The molecule has 0 bridgehead atoms. The fourth-order valence-corrected chi connectivity index (χ4v) is 2.70. The van der Waals surface area contributed by atoms with Crippen molar-refractivity contribution in [3.05, 3.63) is 58.1 Å². The third-order valence-corrected chi connectivity index (χ3v) is 4.10. The maximum Gasteiger partial charge on any atom is 0.133 e. The first-order chi connectivity index (χ1) is 11.1. The van der Waals surface area contributed by atoms with Crippen LogP contribution in [0.2, 0.25) is 0 Å². The highest BCUT2D eigenvalue weighted by Crippen LogP contribution is 2.27. The van der Waals surface area contributed by atoms with Crippen molar-refractivity contribution >= 4 is 15.9 Å². The average molecular weight is 375 g/mol. The summed E-state index contributed by atoms with van der Waals surface area (Å²) in [5.41, 5.74) is 1.81. The largest absolute Gasteiger partial charge is 0.496 e. The summed E-state index contributed by atoms with van der Waals surface area (Å²) in [6.45, 7) is 3.40. The van der Waals surface area contributed by atoms with E-state index in [1.54, 1.807) is 19.2 Å². The Hall–Kier alpha value is -2.03. The molecule has 0 amide bonds. The number of nitriles is 1. The van der Waals surface area contributed by atoms with Crippen molar-refractivity contribution in [3.63, 3.8) is 0 Å². The molecule has 0 radical (unpaired) electrons. The molecule has 0 spiro atoms. The summed E-state index contributed by atoms with van der Waals surface area (Å²) in [6, 6.07) is 15.5. The van der Waals surface area contributed by atoms with Crippen LogP contribution in [-0.4, -0.2) is 20.3 Å². The van der Waals surface area contributed by atoms with Crippen LogP contribution in [0, 0.1) is 11.3 Å². The number of hydrogen-bond donors (Lipinski definition) is 1. The maximum absolute atomic E-state index is 8.75. The third kappa shape index (κ3) is 4.98. The Labute approximate surface area is 145 Å². The minimum absolute atomic E-state index is 0.210. The van der Waals surface area contributed by atoms with E-state index in [1.807, 2.05) is 24.3 Å². The zero-order valence-corrected chi connectivity index (χ0v) is 14.8. The van der Waals surface area contributed by atoms with Crippen molar-refractivity contribution in [2.24, 2.45) is 0 Å². The summed E-state index contributed by atoms with van der Waals surface area (Å²) < 4.78 is 11.8. The van der Waals surface area contributed by atoms with E-state index in [-0.39, 0.29) is 6.04 Å². The topological polar surface area (TPSA) is 54.3 Å². The normalized spacial score (nSPS) is 11.6. The summed E-state index contributed by atoms with van der Waals surface area (Å²) in [5.74, 6) is 1.59. The Bertz CT molecular complexity index is 680. The van der Waals surface area contributed by atoms with Gasteiger partial charge in [-0.05, 0) is 64.8 Å². The lowest BCUT2D eigenvalue weighted by Crippen LogP contribution is -2.24. The zero-order chi connectivity index (χ0) is 16.7. The molecule has 0 aliphatic carbocycles. The SMILES string of the molecule is COc1ccc(C(C)NCCOc2ccc(C#N)cc2)cc1Br. The molecule has 2 aromatic carbocycles. The van der Waals surface area contributed by atoms with Crippen molar-refractivity contribution in [1.29, 1.82) is 5.26 Å². The van der Waals surface area contributed by atoms with Crippen molar-refractivity contribution in [1.82, 2.24) is 5.32 Å². The van der Waals surface area contributed by atoms with Gasteiger partial charge in [0.05, 0.1) is 23.2 Å². The van der Waals surface area contributed by atoms with E-state index in [9.17, 15) is 0 Å². The minimum Gasteiger partial charge on any atom is -0.496 e. The van der Waals surface area contributed by atoms with Crippen LogP contribution in [0.1, 0.15) is 24.1 Å².